The van der Waals surface area contributed by atoms with E-state index in [1.807, 2.05) is 60.0 Å². The molecule has 0 aliphatic heterocycles. The highest BCUT2D eigenvalue weighted by atomic mass is 35.5. The van der Waals surface area contributed by atoms with Crippen LogP contribution in [0.5, 0.6) is 0 Å². The Balaban J connectivity index is 1.73. The van der Waals surface area contributed by atoms with Crippen LogP contribution in [0.3, 0.4) is 0 Å². The lowest BCUT2D eigenvalue weighted by Crippen LogP contribution is -2.46. The van der Waals surface area contributed by atoms with Gasteiger partial charge in [0.15, 0.2) is 0 Å². The number of rotatable bonds is 7. The molecule has 6 heteroatoms. The Labute approximate surface area is 191 Å². The summed E-state index contributed by atoms with van der Waals surface area (Å²) in [5.74, 6) is -0.271. The van der Waals surface area contributed by atoms with Crippen LogP contribution in [-0.4, -0.2) is 17.9 Å². The Kier molecular flexibility index (Phi) is 7.05. The smallest absolute Gasteiger partial charge is 0.248 e. The fourth-order valence-electron chi connectivity index (χ4n) is 4.09. The van der Waals surface area contributed by atoms with Crippen LogP contribution in [0.2, 0.25) is 5.02 Å². The Bertz CT molecular complexity index is 1000. The zero-order valence-electron chi connectivity index (χ0n) is 17.2. The first kappa shape index (κ1) is 21.6. The molecule has 0 bridgehead atoms. The molecule has 1 saturated carbocycles. The summed E-state index contributed by atoms with van der Waals surface area (Å²) < 4.78 is 0. The van der Waals surface area contributed by atoms with E-state index in [2.05, 4.69) is 5.32 Å². The zero-order valence-corrected chi connectivity index (χ0v) is 18.7. The number of hydrogen-bond donors (Lipinski definition) is 1. The summed E-state index contributed by atoms with van der Waals surface area (Å²) in [6.07, 6.45) is 4.45. The van der Waals surface area contributed by atoms with Crippen molar-refractivity contribution in [2.75, 3.05) is 4.90 Å². The molecule has 1 aromatic heterocycles. The summed E-state index contributed by atoms with van der Waals surface area (Å²) in [4.78, 5) is 29.7. The van der Waals surface area contributed by atoms with E-state index in [4.69, 9.17) is 11.6 Å². The summed E-state index contributed by atoms with van der Waals surface area (Å²) in [7, 11) is 0. The van der Waals surface area contributed by atoms with Crippen LogP contribution >= 0.6 is 22.9 Å². The van der Waals surface area contributed by atoms with Gasteiger partial charge in [-0.2, -0.15) is 0 Å². The van der Waals surface area contributed by atoms with Gasteiger partial charge in [0, 0.05) is 21.6 Å². The third kappa shape index (κ3) is 5.35. The highest BCUT2D eigenvalue weighted by Gasteiger charge is 2.34. The molecule has 1 heterocycles. The van der Waals surface area contributed by atoms with Crippen molar-refractivity contribution in [3.63, 3.8) is 0 Å². The Hall–Kier alpha value is -2.63. The normalized spacial score (nSPS) is 14.9. The maximum atomic E-state index is 13.6. The van der Waals surface area contributed by atoms with Gasteiger partial charge in [-0.3, -0.25) is 14.5 Å². The molecular weight excluding hydrogens is 428 g/mol. The number of thiophene rings is 1. The third-order valence-electron chi connectivity index (χ3n) is 5.60. The summed E-state index contributed by atoms with van der Waals surface area (Å²) in [6.45, 7) is 0. The van der Waals surface area contributed by atoms with Gasteiger partial charge >= 0.3 is 0 Å². The molecule has 1 fully saturated rings. The predicted molar refractivity (Wildman–Crippen MR) is 127 cm³/mol. The molecule has 1 atom stereocenters. The second kappa shape index (κ2) is 10.1. The number of halogens is 1. The van der Waals surface area contributed by atoms with Gasteiger partial charge < -0.3 is 5.32 Å². The molecule has 0 radical (unpaired) electrons. The Morgan fingerprint density at radius 3 is 2.35 bits per heavy atom. The van der Waals surface area contributed by atoms with Crippen molar-refractivity contribution >= 4 is 40.4 Å². The van der Waals surface area contributed by atoms with Crippen LogP contribution in [0.4, 0.5) is 5.69 Å². The minimum atomic E-state index is -0.771. The average molecular weight is 453 g/mol. The van der Waals surface area contributed by atoms with E-state index in [-0.39, 0.29) is 24.3 Å². The molecule has 0 spiro atoms. The van der Waals surface area contributed by atoms with Gasteiger partial charge in [-0.15, -0.1) is 11.3 Å². The van der Waals surface area contributed by atoms with Crippen molar-refractivity contribution in [3.8, 4) is 0 Å². The lowest BCUT2D eigenvalue weighted by Gasteiger charge is -2.32. The SMILES string of the molecule is O=C(NC1CCCC1)C(c1ccc(Cl)cc1)N(C(=O)Cc1cccs1)c1ccccc1. The fraction of sp³-hybridized carbons (Fsp3) is 0.280. The molecule has 1 N–H and O–H groups in total. The van der Waals surface area contributed by atoms with Gasteiger partial charge in [-0.1, -0.05) is 60.8 Å². The van der Waals surface area contributed by atoms with E-state index in [0.29, 0.717) is 10.7 Å². The third-order valence-corrected chi connectivity index (χ3v) is 6.73. The van der Waals surface area contributed by atoms with E-state index in [1.54, 1.807) is 28.4 Å². The lowest BCUT2D eigenvalue weighted by atomic mass is 10.0. The predicted octanol–water partition coefficient (Wildman–Crippen LogP) is 5.78. The van der Waals surface area contributed by atoms with Gasteiger partial charge in [0.05, 0.1) is 6.42 Å². The summed E-state index contributed by atoms with van der Waals surface area (Å²) >= 11 is 7.65. The number of carbonyl (C=O) groups is 2. The van der Waals surface area contributed by atoms with E-state index < -0.39 is 6.04 Å². The van der Waals surface area contributed by atoms with E-state index >= 15 is 0 Å². The molecule has 0 saturated heterocycles. The van der Waals surface area contributed by atoms with Crippen LogP contribution < -0.4 is 10.2 Å². The first-order chi connectivity index (χ1) is 15.1. The molecule has 3 aromatic rings. The van der Waals surface area contributed by atoms with Crippen molar-refractivity contribution in [2.24, 2.45) is 0 Å². The minimum absolute atomic E-state index is 0.116. The molecule has 31 heavy (non-hydrogen) atoms. The van der Waals surface area contributed by atoms with E-state index in [9.17, 15) is 9.59 Å². The van der Waals surface area contributed by atoms with Crippen molar-refractivity contribution in [2.45, 2.75) is 44.2 Å². The first-order valence-corrected chi connectivity index (χ1v) is 11.8. The number of carbonyl (C=O) groups excluding carboxylic acids is 2. The first-order valence-electron chi connectivity index (χ1n) is 10.6. The quantitative estimate of drug-likeness (QED) is 0.494. The molecule has 1 aliphatic rings. The van der Waals surface area contributed by atoms with Crippen LogP contribution in [0, 0.1) is 0 Å². The highest BCUT2D eigenvalue weighted by molar-refractivity contribution is 7.10. The number of amides is 2. The standard InChI is InChI=1S/C25H25ClN2O2S/c26-19-14-12-18(13-15-19)24(25(30)27-20-7-4-5-8-20)28(21-9-2-1-3-10-21)23(29)17-22-11-6-16-31-22/h1-3,6,9-16,20,24H,4-5,7-8,17H2,(H,27,30). The molecule has 1 aliphatic carbocycles. The number of para-hydroxylation sites is 1. The van der Waals surface area contributed by atoms with E-state index in [0.717, 1.165) is 36.1 Å². The number of hydrogen-bond acceptors (Lipinski definition) is 3. The topological polar surface area (TPSA) is 49.4 Å². The molecule has 4 nitrogen and oxygen atoms in total. The largest absolute Gasteiger partial charge is 0.351 e. The van der Waals surface area contributed by atoms with Crippen molar-refractivity contribution in [1.29, 1.82) is 0 Å². The highest BCUT2D eigenvalue weighted by Crippen LogP contribution is 2.31. The van der Waals surface area contributed by atoms with Gasteiger partial charge in [0.25, 0.3) is 0 Å². The van der Waals surface area contributed by atoms with Gasteiger partial charge in [0.1, 0.15) is 6.04 Å². The summed E-state index contributed by atoms with van der Waals surface area (Å²) in [5, 5.41) is 5.74. The van der Waals surface area contributed by atoms with Gasteiger partial charge in [0.2, 0.25) is 11.8 Å². The van der Waals surface area contributed by atoms with Crippen molar-refractivity contribution in [3.05, 3.63) is 87.6 Å². The molecular formula is C25H25ClN2O2S. The van der Waals surface area contributed by atoms with E-state index in [1.165, 1.54) is 0 Å². The van der Waals surface area contributed by atoms with Crippen LogP contribution in [0.1, 0.15) is 42.2 Å². The van der Waals surface area contributed by atoms with Crippen molar-refractivity contribution < 1.29 is 9.59 Å². The average Bonchev–Trinajstić information content (AvgIpc) is 3.47. The fourth-order valence-corrected chi connectivity index (χ4v) is 4.91. The Morgan fingerprint density at radius 1 is 1.00 bits per heavy atom. The molecule has 2 amide bonds. The molecule has 1 unspecified atom stereocenters. The lowest BCUT2D eigenvalue weighted by molar-refractivity contribution is -0.127. The number of nitrogens with one attached hydrogen (secondary N) is 1. The Morgan fingerprint density at radius 2 is 1.71 bits per heavy atom. The number of benzene rings is 2. The maximum Gasteiger partial charge on any atom is 0.248 e. The summed E-state index contributed by atoms with van der Waals surface area (Å²) in [5.41, 5.74) is 1.44. The van der Waals surface area contributed by atoms with Gasteiger partial charge in [-0.25, -0.2) is 0 Å². The zero-order chi connectivity index (χ0) is 21.6. The molecule has 160 valence electrons. The van der Waals surface area contributed by atoms with Crippen LogP contribution in [0.25, 0.3) is 0 Å². The number of anilines is 1. The second-order valence-corrected chi connectivity index (χ2v) is 9.27. The second-order valence-electron chi connectivity index (χ2n) is 7.80. The van der Waals surface area contributed by atoms with Crippen LogP contribution in [0.15, 0.2) is 72.1 Å². The number of nitrogens with zero attached hydrogens (tertiary/aromatic N) is 1. The molecule has 4 rings (SSSR count). The maximum absolute atomic E-state index is 13.6. The monoisotopic (exact) mass is 452 g/mol. The summed E-state index contributed by atoms with van der Waals surface area (Å²) in [6, 6.07) is 19.9. The molecule has 2 aromatic carbocycles. The van der Waals surface area contributed by atoms with Crippen LogP contribution in [-0.2, 0) is 16.0 Å². The van der Waals surface area contributed by atoms with Gasteiger partial charge in [-0.05, 0) is 54.1 Å². The minimum Gasteiger partial charge on any atom is -0.351 e. The van der Waals surface area contributed by atoms with Crippen molar-refractivity contribution in [1.82, 2.24) is 5.32 Å².